The summed E-state index contributed by atoms with van der Waals surface area (Å²) in [4.78, 5) is 0. The van der Waals surface area contributed by atoms with Crippen molar-refractivity contribution in [3.8, 4) is 0 Å². The first-order chi connectivity index (χ1) is 8.54. The second kappa shape index (κ2) is 7.44. The minimum absolute atomic E-state index is 0.0714. The Morgan fingerprint density at radius 1 is 1.28 bits per heavy atom. The van der Waals surface area contributed by atoms with Gasteiger partial charge >= 0.3 is 0 Å². The van der Waals surface area contributed by atoms with Crippen LogP contribution in [0.15, 0.2) is 24.3 Å². The van der Waals surface area contributed by atoms with E-state index in [0.717, 1.165) is 5.56 Å². The Morgan fingerprint density at radius 2 is 2.00 bits per heavy atom. The Kier molecular flexibility index (Phi) is 6.22. The molecule has 0 radical (unpaired) electrons. The maximum atomic E-state index is 12.6. The van der Waals surface area contributed by atoms with E-state index in [1.165, 1.54) is 6.07 Å². The molecule has 0 spiro atoms. The average Bonchev–Trinajstić information content (AvgIpc) is 2.34. The van der Waals surface area contributed by atoms with E-state index in [2.05, 4.69) is 19.2 Å². The Hall–Kier alpha value is -1.00. The fourth-order valence-corrected chi connectivity index (χ4v) is 1.75. The minimum atomic E-state index is -2.41. The number of ether oxygens (including phenoxy) is 1. The number of rotatable bonds is 7. The number of halogens is 2. The predicted molar refractivity (Wildman–Crippen MR) is 68.7 cm³/mol. The Morgan fingerprint density at radius 3 is 2.56 bits per heavy atom. The van der Waals surface area contributed by atoms with Crippen LogP contribution in [-0.4, -0.2) is 19.8 Å². The van der Waals surface area contributed by atoms with Gasteiger partial charge in [0, 0.05) is 25.3 Å². The molecule has 1 aromatic carbocycles. The third kappa shape index (κ3) is 4.70. The molecule has 0 heterocycles. The van der Waals surface area contributed by atoms with E-state index in [4.69, 9.17) is 4.74 Å². The van der Waals surface area contributed by atoms with Gasteiger partial charge in [-0.2, -0.15) is 0 Å². The van der Waals surface area contributed by atoms with Gasteiger partial charge in [0.1, 0.15) is 0 Å². The van der Waals surface area contributed by atoms with Gasteiger partial charge in [-0.25, -0.2) is 8.78 Å². The zero-order valence-corrected chi connectivity index (χ0v) is 11.1. The highest BCUT2D eigenvalue weighted by molar-refractivity contribution is 5.24. The van der Waals surface area contributed by atoms with Gasteiger partial charge in [0.05, 0.1) is 6.61 Å². The maximum Gasteiger partial charge on any atom is 0.263 e. The maximum absolute atomic E-state index is 12.6. The molecule has 0 aromatic heterocycles. The molecule has 1 atom stereocenters. The van der Waals surface area contributed by atoms with Crippen molar-refractivity contribution in [2.24, 2.45) is 5.92 Å². The summed E-state index contributed by atoms with van der Waals surface area (Å²) in [5.41, 5.74) is 0.941. The van der Waals surface area contributed by atoms with Gasteiger partial charge in [-0.15, -0.1) is 0 Å². The fourth-order valence-electron chi connectivity index (χ4n) is 1.75. The summed E-state index contributed by atoms with van der Waals surface area (Å²) >= 11 is 0. The number of hydrogen-bond donors (Lipinski definition) is 1. The highest BCUT2D eigenvalue weighted by Crippen LogP contribution is 2.19. The zero-order valence-electron chi connectivity index (χ0n) is 11.1. The second-order valence-corrected chi connectivity index (χ2v) is 4.73. The van der Waals surface area contributed by atoms with Crippen LogP contribution in [0, 0.1) is 5.92 Å². The third-order valence-corrected chi connectivity index (χ3v) is 2.92. The largest absolute Gasteiger partial charge is 0.383 e. The Bertz CT molecular complexity index is 355. The van der Waals surface area contributed by atoms with E-state index >= 15 is 0 Å². The van der Waals surface area contributed by atoms with Crippen LogP contribution in [0.3, 0.4) is 0 Å². The minimum Gasteiger partial charge on any atom is -0.383 e. The molecule has 0 aliphatic rings. The van der Waals surface area contributed by atoms with E-state index in [1.807, 2.05) is 6.07 Å². The third-order valence-electron chi connectivity index (χ3n) is 2.92. The smallest absolute Gasteiger partial charge is 0.263 e. The van der Waals surface area contributed by atoms with Crippen LogP contribution >= 0.6 is 0 Å². The first-order valence-corrected chi connectivity index (χ1v) is 6.14. The lowest BCUT2D eigenvalue weighted by atomic mass is 10.0. The van der Waals surface area contributed by atoms with Gasteiger partial charge in [0.25, 0.3) is 6.43 Å². The second-order valence-electron chi connectivity index (χ2n) is 4.73. The van der Waals surface area contributed by atoms with E-state index < -0.39 is 6.43 Å². The number of alkyl halides is 2. The van der Waals surface area contributed by atoms with Crippen molar-refractivity contribution < 1.29 is 13.5 Å². The molecule has 102 valence electrons. The standard InChI is InChI=1S/C14H21F2NO/c1-10(2)13(9-18-3)17-8-11-5-4-6-12(7-11)14(15)16/h4-7,10,13-14,17H,8-9H2,1-3H3. The van der Waals surface area contributed by atoms with Crippen LogP contribution in [0.25, 0.3) is 0 Å². The van der Waals surface area contributed by atoms with Crippen LogP contribution in [0.5, 0.6) is 0 Å². The molecular formula is C14H21F2NO. The molecule has 0 aliphatic carbocycles. The average molecular weight is 257 g/mol. The first kappa shape index (κ1) is 15.1. The SMILES string of the molecule is COCC(NCc1cccc(C(F)F)c1)C(C)C. The van der Waals surface area contributed by atoms with Gasteiger partial charge < -0.3 is 10.1 Å². The molecule has 1 aromatic rings. The Labute approximate surface area is 107 Å². The van der Waals surface area contributed by atoms with Crippen molar-refractivity contribution in [3.05, 3.63) is 35.4 Å². The van der Waals surface area contributed by atoms with Crippen LogP contribution < -0.4 is 5.32 Å². The summed E-state index contributed by atoms with van der Waals surface area (Å²) in [5, 5.41) is 3.33. The zero-order chi connectivity index (χ0) is 13.5. The lowest BCUT2D eigenvalue weighted by Crippen LogP contribution is -2.37. The molecule has 18 heavy (non-hydrogen) atoms. The van der Waals surface area contributed by atoms with Crippen molar-refractivity contribution in [1.82, 2.24) is 5.32 Å². The van der Waals surface area contributed by atoms with Gasteiger partial charge in [0.15, 0.2) is 0 Å². The van der Waals surface area contributed by atoms with Crippen LogP contribution in [0.2, 0.25) is 0 Å². The number of hydrogen-bond acceptors (Lipinski definition) is 2. The molecule has 2 nitrogen and oxygen atoms in total. The summed E-state index contributed by atoms with van der Waals surface area (Å²) in [6, 6.07) is 6.73. The van der Waals surface area contributed by atoms with Crippen LogP contribution in [0.1, 0.15) is 31.4 Å². The van der Waals surface area contributed by atoms with E-state index in [0.29, 0.717) is 19.1 Å². The molecule has 1 N–H and O–H groups in total. The number of methoxy groups -OCH3 is 1. The Balaban J connectivity index is 2.58. The summed E-state index contributed by atoms with van der Waals surface area (Å²) in [6.45, 7) is 5.40. The van der Waals surface area contributed by atoms with Crippen molar-refractivity contribution in [2.75, 3.05) is 13.7 Å². The molecule has 4 heteroatoms. The molecular weight excluding hydrogens is 236 g/mol. The van der Waals surface area contributed by atoms with Crippen molar-refractivity contribution in [3.63, 3.8) is 0 Å². The normalized spacial score (nSPS) is 13.3. The molecule has 1 rings (SSSR count). The van der Waals surface area contributed by atoms with Crippen molar-refractivity contribution in [1.29, 1.82) is 0 Å². The monoisotopic (exact) mass is 257 g/mol. The molecule has 0 fully saturated rings. The van der Waals surface area contributed by atoms with Gasteiger partial charge in [0.2, 0.25) is 0 Å². The highest BCUT2D eigenvalue weighted by atomic mass is 19.3. The summed E-state index contributed by atoms with van der Waals surface area (Å²) in [6.07, 6.45) is -2.41. The quantitative estimate of drug-likeness (QED) is 0.808. The number of nitrogens with one attached hydrogen (secondary N) is 1. The van der Waals surface area contributed by atoms with Gasteiger partial charge in [-0.1, -0.05) is 32.0 Å². The van der Waals surface area contributed by atoms with Crippen LogP contribution in [-0.2, 0) is 11.3 Å². The van der Waals surface area contributed by atoms with Gasteiger partial charge in [-0.3, -0.25) is 0 Å². The van der Waals surface area contributed by atoms with E-state index in [9.17, 15) is 8.78 Å². The van der Waals surface area contributed by atoms with E-state index in [1.54, 1.807) is 19.2 Å². The first-order valence-electron chi connectivity index (χ1n) is 6.14. The predicted octanol–water partition coefficient (Wildman–Crippen LogP) is 3.38. The molecule has 0 saturated carbocycles. The van der Waals surface area contributed by atoms with Crippen LogP contribution in [0.4, 0.5) is 8.78 Å². The molecule has 1 unspecified atom stereocenters. The lowest BCUT2D eigenvalue weighted by Gasteiger charge is -2.21. The molecule has 0 saturated heterocycles. The highest BCUT2D eigenvalue weighted by Gasteiger charge is 2.13. The van der Waals surface area contributed by atoms with Crippen molar-refractivity contribution >= 4 is 0 Å². The molecule has 0 amide bonds. The number of benzene rings is 1. The van der Waals surface area contributed by atoms with Gasteiger partial charge in [-0.05, 0) is 17.5 Å². The molecule has 0 bridgehead atoms. The van der Waals surface area contributed by atoms with Crippen molar-refractivity contribution in [2.45, 2.75) is 32.9 Å². The fraction of sp³-hybridized carbons (Fsp3) is 0.571. The topological polar surface area (TPSA) is 21.3 Å². The summed E-state index contributed by atoms with van der Waals surface area (Å²) in [7, 11) is 1.66. The van der Waals surface area contributed by atoms with E-state index in [-0.39, 0.29) is 11.6 Å². The molecule has 0 aliphatic heterocycles. The lowest BCUT2D eigenvalue weighted by molar-refractivity contribution is 0.146. The summed E-state index contributed by atoms with van der Waals surface area (Å²) in [5.74, 6) is 0.434. The summed E-state index contributed by atoms with van der Waals surface area (Å²) < 4.78 is 30.2.